The van der Waals surface area contributed by atoms with E-state index >= 15 is 0 Å². The molecule has 0 aliphatic rings. The Hall–Kier alpha value is -2.03. The van der Waals surface area contributed by atoms with E-state index in [0.717, 1.165) is 20.3 Å². The summed E-state index contributed by atoms with van der Waals surface area (Å²) < 4.78 is 28.0. The first-order valence-corrected chi connectivity index (χ1v) is 14.0. The fourth-order valence-corrected chi connectivity index (χ4v) is 5.46. The third-order valence-corrected chi connectivity index (χ3v) is 8.60. The minimum Gasteiger partial charge on any atom is -0.348 e. The lowest BCUT2D eigenvalue weighted by atomic mass is 10.1. The van der Waals surface area contributed by atoms with Gasteiger partial charge in [-0.15, -0.1) is 11.8 Å². The van der Waals surface area contributed by atoms with Crippen molar-refractivity contribution in [2.75, 3.05) is 12.8 Å². The number of benzene rings is 3. The second kappa shape index (κ2) is 11.6. The molecule has 1 amide bonds. The first-order chi connectivity index (χ1) is 16.1. The van der Waals surface area contributed by atoms with E-state index in [1.165, 1.54) is 0 Å². The van der Waals surface area contributed by atoms with Crippen LogP contribution in [-0.2, 0) is 21.4 Å². The second-order valence-corrected chi connectivity index (χ2v) is 11.5. The molecule has 0 saturated carbocycles. The van der Waals surface area contributed by atoms with Crippen LogP contribution in [0.15, 0.2) is 76.5 Å². The van der Waals surface area contributed by atoms with E-state index in [-0.39, 0.29) is 24.0 Å². The zero-order valence-corrected chi connectivity index (χ0v) is 22.2. The lowest BCUT2D eigenvalue weighted by molar-refractivity contribution is -0.122. The van der Waals surface area contributed by atoms with Crippen molar-refractivity contribution < 1.29 is 13.2 Å². The maximum Gasteiger partial charge on any atom is 0.243 e. The van der Waals surface area contributed by atoms with Crippen molar-refractivity contribution >= 4 is 50.9 Å². The van der Waals surface area contributed by atoms with Crippen LogP contribution in [0.3, 0.4) is 0 Å². The number of rotatable bonds is 9. The predicted molar refractivity (Wildman–Crippen MR) is 140 cm³/mol. The van der Waals surface area contributed by atoms with Gasteiger partial charge in [-0.3, -0.25) is 4.79 Å². The Labute approximate surface area is 215 Å². The number of amides is 1. The summed E-state index contributed by atoms with van der Waals surface area (Å²) in [6, 6.07) is 19.0. The molecule has 34 heavy (non-hydrogen) atoms. The zero-order valence-electron chi connectivity index (χ0n) is 19.1. The van der Waals surface area contributed by atoms with Crippen LogP contribution in [0.4, 0.5) is 0 Å². The van der Waals surface area contributed by atoms with Gasteiger partial charge in [-0.05, 0) is 67.6 Å². The average Bonchev–Trinajstić information content (AvgIpc) is 2.81. The van der Waals surface area contributed by atoms with Gasteiger partial charge in [0.05, 0.1) is 27.5 Å². The number of hydrogen-bond donors (Lipinski definition) is 1. The van der Waals surface area contributed by atoms with Gasteiger partial charge >= 0.3 is 0 Å². The van der Waals surface area contributed by atoms with Gasteiger partial charge in [0.25, 0.3) is 0 Å². The molecule has 0 fully saturated rings. The number of carbonyl (C=O) groups is 1. The maximum absolute atomic E-state index is 13.4. The summed E-state index contributed by atoms with van der Waals surface area (Å²) in [6.07, 6.45) is 2.00. The molecule has 9 heteroatoms. The highest BCUT2D eigenvalue weighted by Crippen LogP contribution is 2.25. The molecule has 1 N–H and O–H groups in total. The monoisotopic (exact) mass is 536 g/mol. The Morgan fingerprint density at radius 1 is 1.00 bits per heavy atom. The summed E-state index contributed by atoms with van der Waals surface area (Å²) in [5.74, 6) is -0.405. The standard InChI is InChI=1S/C25H26Cl2N2O3S2/c1-17-4-11-22(12-5-17)34(31,32)29(15-19-6-13-23(26)24(27)14-19)16-25(30)28-18(2)20-7-9-21(33-3)10-8-20/h4-14,18H,15-16H2,1-3H3,(H,28,30). The van der Waals surface area contributed by atoms with Gasteiger partial charge in [-0.1, -0.05) is 59.1 Å². The van der Waals surface area contributed by atoms with Crippen LogP contribution in [0.2, 0.25) is 10.0 Å². The lowest BCUT2D eigenvalue weighted by Crippen LogP contribution is -2.41. The van der Waals surface area contributed by atoms with Gasteiger partial charge < -0.3 is 5.32 Å². The lowest BCUT2D eigenvalue weighted by Gasteiger charge is -2.23. The Bertz CT molecular complexity index is 1250. The van der Waals surface area contributed by atoms with Gasteiger partial charge in [-0.25, -0.2) is 8.42 Å². The van der Waals surface area contributed by atoms with Crippen LogP contribution in [0.25, 0.3) is 0 Å². The van der Waals surface area contributed by atoms with Crippen LogP contribution < -0.4 is 5.32 Å². The molecule has 0 aliphatic heterocycles. The molecule has 0 spiro atoms. The number of aryl methyl sites for hydroxylation is 1. The fraction of sp³-hybridized carbons (Fsp3) is 0.240. The zero-order chi connectivity index (χ0) is 24.9. The van der Waals surface area contributed by atoms with E-state index in [0.29, 0.717) is 15.6 Å². The van der Waals surface area contributed by atoms with Gasteiger partial charge in [0.1, 0.15) is 0 Å². The summed E-state index contributed by atoms with van der Waals surface area (Å²) in [5, 5.41) is 3.59. The molecule has 0 aromatic heterocycles. The quantitative estimate of drug-likeness (QED) is 0.336. The molecule has 1 unspecified atom stereocenters. The summed E-state index contributed by atoms with van der Waals surface area (Å²) in [4.78, 5) is 14.2. The maximum atomic E-state index is 13.4. The molecule has 3 rings (SSSR count). The highest BCUT2D eigenvalue weighted by atomic mass is 35.5. The summed E-state index contributed by atoms with van der Waals surface area (Å²) in [6.45, 7) is 3.37. The summed E-state index contributed by atoms with van der Waals surface area (Å²) >= 11 is 13.8. The molecule has 0 saturated heterocycles. The number of thioether (sulfide) groups is 1. The minimum absolute atomic E-state index is 0.0304. The van der Waals surface area contributed by atoms with E-state index in [9.17, 15) is 13.2 Å². The van der Waals surface area contributed by atoms with Crippen LogP contribution in [0.1, 0.15) is 29.7 Å². The van der Waals surface area contributed by atoms with Crippen molar-refractivity contribution in [2.24, 2.45) is 0 Å². The second-order valence-electron chi connectivity index (χ2n) is 7.90. The molecular weight excluding hydrogens is 511 g/mol. The van der Waals surface area contributed by atoms with Gasteiger partial charge in [-0.2, -0.15) is 4.31 Å². The van der Waals surface area contributed by atoms with Crippen molar-refractivity contribution in [2.45, 2.75) is 36.2 Å². The number of nitrogens with one attached hydrogen (secondary N) is 1. The largest absolute Gasteiger partial charge is 0.348 e. The third kappa shape index (κ3) is 6.77. The SMILES string of the molecule is CSc1ccc(C(C)NC(=O)CN(Cc2ccc(Cl)c(Cl)c2)S(=O)(=O)c2ccc(C)cc2)cc1. The van der Waals surface area contributed by atoms with Crippen LogP contribution in [-0.4, -0.2) is 31.4 Å². The number of hydrogen-bond acceptors (Lipinski definition) is 4. The predicted octanol–water partition coefficient (Wildman–Crippen LogP) is 6.09. The number of halogens is 2. The fourth-order valence-electron chi connectivity index (χ4n) is 3.35. The van der Waals surface area contributed by atoms with Crippen molar-refractivity contribution in [3.63, 3.8) is 0 Å². The molecule has 0 aliphatic carbocycles. The molecular formula is C25H26Cl2N2O3S2. The smallest absolute Gasteiger partial charge is 0.243 e. The van der Waals surface area contributed by atoms with Crippen LogP contribution >= 0.6 is 35.0 Å². The molecule has 0 heterocycles. The van der Waals surface area contributed by atoms with Crippen molar-refractivity contribution in [1.82, 2.24) is 9.62 Å². The van der Waals surface area contributed by atoms with Crippen LogP contribution in [0.5, 0.6) is 0 Å². The van der Waals surface area contributed by atoms with Gasteiger partial charge in [0, 0.05) is 11.4 Å². The number of nitrogens with zero attached hydrogens (tertiary/aromatic N) is 1. The van der Waals surface area contributed by atoms with E-state index in [1.54, 1.807) is 54.2 Å². The highest BCUT2D eigenvalue weighted by molar-refractivity contribution is 7.98. The molecule has 3 aromatic carbocycles. The molecule has 5 nitrogen and oxygen atoms in total. The van der Waals surface area contributed by atoms with Gasteiger partial charge in [0.2, 0.25) is 15.9 Å². The Kier molecular flexibility index (Phi) is 9.07. The summed E-state index contributed by atoms with van der Waals surface area (Å²) in [5.41, 5.74) is 2.50. The van der Waals surface area contributed by atoms with E-state index in [2.05, 4.69) is 5.32 Å². The molecule has 180 valence electrons. The molecule has 3 aromatic rings. The number of sulfonamides is 1. The Morgan fingerprint density at radius 3 is 2.24 bits per heavy atom. The summed E-state index contributed by atoms with van der Waals surface area (Å²) in [7, 11) is -3.95. The highest BCUT2D eigenvalue weighted by Gasteiger charge is 2.27. The normalized spacial score (nSPS) is 12.5. The Morgan fingerprint density at radius 2 is 1.65 bits per heavy atom. The first kappa shape index (κ1) is 26.6. The van der Waals surface area contributed by atoms with E-state index < -0.39 is 15.9 Å². The first-order valence-electron chi connectivity index (χ1n) is 10.5. The van der Waals surface area contributed by atoms with Gasteiger partial charge in [0.15, 0.2) is 0 Å². The average molecular weight is 538 g/mol. The third-order valence-electron chi connectivity index (χ3n) is 5.31. The van der Waals surface area contributed by atoms with Crippen molar-refractivity contribution in [1.29, 1.82) is 0 Å². The van der Waals surface area contributed by atoms with Crippen LogP contribution in [0, 0.1) is 6.92 Å². The van der Waals surface area contributed by atoms with E-state index in [1.807, 2.05) is 44.4 Å². The minimum atomic E-state index is -3.95. The van der Waals surface area contributed by atoms with E-state index in [4.69, 9.17) is 23.2 Å². The van der Waals surface area contributed by atoms with Crippen molar-refractivity contribution in [3.05, 3.63) is 93.5 Å². The number of carbonyl (C=O) groups excluding carboxylic acids is 1. The molecule has 1 atom stereocenters. The topological polar surface area (TPSA) is 66.5 Å². The molecule has 0 radical (unpaired) electrons. The van der Waals surface area contributed by atoms with Crippen molar-refractivity contribution in [3.8, 4) is 0 Å². The molecule has 0 bridgehead atoms. The Balaban J connectivity index is 1.83.